The van der Waals surface area contributed by atoms with Crippen molar-refractivity contribution < 1.29 is 28.6 Å². The lowest BCUT2D eigenvalue weighted by Gasteiger charge is -2.40. The van der Waals surface area contributed by atoms with Gasteiger partial charge in [0.25, 0.3) is 0 Å². The summed E-state index contributed by atoms with van der Waals surface area (Å²) in [7, 11) is 5.17. The smallest absolute Gasteiger partial charge is 0.410 e. The fraction of sp³-hybridized carbons (Fsp3) is 0.397. The van der Waals surface area contributed by atoms with Crippen molar-refractivity contribution in [2.75, 3.05) is 59.5 Å². The number of halogens is 2. The second-order valence-corrected chi connectivity index (χ2v) is 22.7. The third kappa shape index (κ3) is 12.3. The number of nitrogens with zero attached hydrogens (tertiary/aromatic N) is 10. The lowest BCUT2D eigenvalue weighted by molar-refractivity contribution is 0.0109. The summed E-state index contributed by atoms with van der Waals surface area (Å²) in [6.45, 7) is 16.1. The van der Waals surface area contributed by atoms with Gasteiger partial charge in [-0.15, -0.1) is 0 Å². The molecule has 2 aliphatic heterocycles. The van der Waals surface area contributed by atoms with Gasteiger partial charge in [-0.05, 0) is 135 Å². The van der Waals surface area contributed by atoms with E-state index in [1.54, 1.807) is 41.0 Å². The SMILES string of the molecule is COC(=O)NC(C1=Cc2cccnc2[C@@H](N2CCN(C(=O)OC(C)(C)C)CC2)c2ccc(Cl)cc21)c1cncn1C.Cn1cncc1C(N)C1=Cc2cccnc2[C@@H](N2CCN(C(=O)OC(C)(C)C)CC2)c2ccc(Cl)cc21. The number of pyridine rings is 2. The summed E-state index contributed by atoms with van der Waals surface area (Å²) in [5.74, 6) is 0. The molecule has 18 nitrogen and oxygen atoms in total. The summed E-state index contributed by atoms with van der Waals surface area (Å²) in [4.78, 5) is 64.5. The summed E-state index contributed by atoms with van der Waals surface area (Å²) in [5.41, 5.74) is 17.0. The van der Waals surface area contributed by atoms with E-state index in [0.29, 0.717) is 62.4 Å². The number of piperazine rings is 2. The van der Waals surface area contributed by atoms with Gasteiger partial charge in [-0.1, -0.05) is 47.5 Å². The number of imidazole rings is 2. The van der Waals surface area contributed by atoms with Gasteiger partial charge in [-0.2, -0.15) is 0 Å². The number of benzene rings is 2. The Morgan fingerprint density at radius 2 is 1.08 bits per heavy atom. The van der Waals surface area contributed by atoms with Crippen LogP contribution in [0.5, 0.6) is 0 Å². The van der Waals surface area contributed by atoms with E-state index in [1.165, 1.54) is 7.11 Å². The maximum absolute atomic E-state index is 12.8. The van der Waals surface area contributed by atoms with Crippen molar-refractivity contribution in [3.8, 4) is 0 Å². The molecule has 3 amide bonds. The molecular weight excluding hydrogens is 1030 g/mol. The molecular formula is C58H68Cl2N12O6. The maximum atomic E-state index is 12.8. The lowest BCUT2D eigenvalue weighted by Crippen LogP contribution is -2.51. The number of methoxy groups -OCH3 is 1. The van der Waals surface area contributed by atoms with E-state index in [0.717, 1.165) is 67.3 Å². The Labute approximate surface area is 465 Å². The molecule has 0 saturated carbocycles. The number of nitrogens with two attached hydrogens (primary N) is 1. The number of ether oxygens (including phenoxy) is 3. The van der Waals surface area contributed by atoms with Crippen LogP contribution in [0.25, 0.3) is 23.3 Å². The number of carbonyl (C=O) groups is 3. The zero-order valence-electron chi connectivity index (χ0n) is 45.6. The van der Waals surface area contributed by atoms with Gasteiger partial charge in [0.15, 0.2) is 0 Å². The Bertz CT molecular complexity index is 3230. The number of hydrogen-bond acceptors (Lipinski definition) is 13. The van der Waals surface area contributed by atoms with Crippen molar-refractivity contribution >= 4 is 64.8 Å². The number of alkyl carbamates (subject to hydrolysis) is 1. The average Bonchev–Trinajstić information content (AvgIpc) is 3.98. The van der Waals surface area contributed by atoms with E-state index in [-0.39, 0.29) is 24.3 Å². The topological polar surface area (TPSA) is 191 Å². The van der Waals surface area contributed by atoms with Crippen molar-refractivity contribution in [3.63, 3.8) is 0 Å². The van der Waals surface area contributed by atoms with E-state index in [1.807, 2.05) is 119 Å². The number of rotatable bonds is 7. The number of amides is 3. The molecule has 2 fully saturated rings. The summed E-state index contributed by atoms with van der Waals surface area (Å²) in [5, 5.41) is 4.22. The second kappa shape index (κ2) is 23.1. The zero-order chi connectivity index (χ0) is 55.6. The Balaban J connectivity index is 0.000000191. The number of nitrogens with one attached hydrogen (secondary N) is 1. The van der Waals surface area contributed by atoms with E-state index in [2.05, 4.69) is 49.4 Å². The minimum atomic E-state index is -0.581. The molecule has 4 aromatic heterocycles. The lowest BCUT2D eigenvalue weighted by atomic mass is 9.90. The summed E-state index contributed by atoms with van der Waals surface area (Å²) in [6.07, 6.45) is 13.7. The number of aryl methyl sites for hydroxylation is 2. The highest BCUT2D eigenvalue weighted by atomic mass is 35.5. The van der Waals surface area contributed by atoms with Gasteiger partial charge in [-0.3, -0.25) is 19.8 Å². The number of fused-ring (bicyclic) bond motifs is 4. The van der Waals surface area contributed by atoms with Crippen molar-refractivity contribution in [2.24, 2.45) is 19.8 Å². The molecule has 6 heterocycles. The number of carbonyl (C=O) groups excluding carboxylic acids is 3. The Morgan fingerprint density at radius 3 is 1.50 bits per heavy atom. The van der Waals surface area contributed by atoms with Crippen LogP contribution in [0.4, 0.5) is 14.4 Å². The standard InChI is InChI=1S/C30H35ClN6O4.C28H33ClN6O2/c1-30(2,3)41-29(39)37-13-11-36(12-14-37)27-21-9-8-20(31)16-22(21)23(15-19-7-6-10-33-25(19)27)26(34-28(38)40-5)24-17-32-18-35(24)4;1-28(2,3)37-27(36)35-12-10-34(11-13-35)26-20-8-7-19(29)15-21(20)22(14-18-6-5-9-32-25(18)26)24(30)23-16-31-17-33(23)4/h6-10,15-18,26-27H,11-14H2,1-5H3,(H,34,38);5-9,14-17,24,26H,10-13,30H2,1-4H3/t26?,27-;24?,26-/m00/s1. The first-order valence-corrected chi connectivity index (χ1v) is 26.8. The first-order valence-electron chi connectivity index (χ1n) is 26.1. The fourth-order valence-electron chi connectivity index (χ4n) is 10.6. The van der Waals surface area contributed by atoms with E-state index < -0.39 is 29.4 Å². The molecule has 3 N–H and O–H groups in total. The first-order chi connectivity index (χ1) is 37.2. The van der Waals surface area contributed by atoms with Crippen molar-refractivity contribution in [2.45, 2.75) is 76.9 Å². The minimum absolute atomic E-state index is 0.114. The second-order valence-electron chi connectivity index (χ2n) is 21.8. The molecule has 0 spiro atoms. The van der Waals surface area contributed by atoms with Gasteiger partial charge in [0, 0.05) is 88.9 Å². The molecule has 2 aliphatic carbocycles. The van der Waals surface area contributed by atoms with Crippen LogP contribution in [0, 0.1) is 0 Å². The van der Waals surface area contributed by atoms with E-state index >= 15 is 0 Å². The van der Waals surface area contributed by atoms with Gasteiger partial charge in [-0.25, -0.2) is 24.4 Å². The van der Waals surface area contributed by atoms with Crippen molar-refractivity contribution in [1.29, 1.82) is 0 Å². The van der Waals surface area contributed by atoms with Crippen LogP contribution >= 0.6 is 23.2 Å². The molecule has 2 aromatic carbocycles. The molecule has 2 saturated heterocycles. The number of aromatic nitrogens is 6. The average molecular weight is 1100 g/mol. The van der Waals surface area contributed by atoms with Crippen LogP contribution < -0.4 is 11.1 Å². The van der Waals surface area contributed by atoms with Gasteiger partial charge in [0.05, 0.1) is 79.1 Å². The summed E-state index contributed by atoms with van der Waals surface area (Å²) < 4.78 is 20.0. The predicted octanol–water partition coefficient (Wildman–Crippen LogP) is 9.73. The predicted molar refractivity (Wildman–Crippen MR) is 301 cm³/mol. The van der Waals surface area contributed by atoms with Gasteiger partial charge < -0.3 is 44.2 Å². The van der Waals surface area contributed by atoms with Crippen LogP contribution in [0.15, 0.2) is 98.1 Å². The van der Waals surface area contributed by atoms with E-state index in [4.69, 9.17) is 53.1 Å². The highest BCUT2D eigenvalue weighted by molar-refractivity contribution is 6.31. The summed E-state index contributed by atoms with van der Waals surface area (Å²) >= 11 is 13.1. The molecule has 20 heteroatoms. The zero-order valence-corrected chi connectivity index (χ0v) is 47.1. The molecule has 410 valence electrons. The Kier molecular flexibility index (Phi) is 16.5. The van der Waals surface area contributed by atoms with Crippen molar-refractivity contribution in [3.05, 3.63) is 164 Å². The third-order valence-electron chi connectivity index (χ3n) is 14.2. The molecule has 4 atom stereocenters. The van der Waals surface area contributed by atoms with Crippen LogP contribution in [0.2, 0.25) is 10.0 Å². The minimum Gasteiger partial charge on any atom is -0.453 e. The Morgan fingerprint density at radius 1 is 0.641 bits per heavy atom. The molecule has 10 rings (SSSR count). The van der Waals surface area contributed by atoms with Crippen LogP contribution in [-0.2, 0) is 28.3 Å². The van der Waals surface area contributed by atoms with Crippen LogP contribution in [0.1, 0.15) is 122 Å². The largest absolute Gasteiger partial charge is 0.453 e. The number of hydrogen-bond donors (Lipinski definition) is 2. The molecule has 6 aromatic rings. The summed E-state index contributed by atoms with van der Waals surface area (Å²) in [6, 6.07) is 18.5. The molecule has 0 radical (unpaired) electrons. The van der Waals surface area contributed by atoms with Crippen molar-refractivity contribution in [1.82, 2.24) is 54.0 Å². The fourth-order valence-corrected chi connectivity index (χ4v) is 10.9. The van der Waals surface area contributed by atoms with Gasteiger partial charge in [0.1, 0.15) is 11.2 Å². The maximum Gasteiger partial charge on any atom is 0.410 e. The molecule has 0 bridgehead atoms. The normalized spacial score (nSPS) is 18.4. The third-order valence-corrected chi connectivity index (χ3v) is 14.7. The monoisotopic (exact) mass is 1100 g/mol. The molecule has 2 unspecified atom stereocenters. The molecule has 4 aliphatic rings. The molecule has 78 heavy (non-hydrogen) atoms. The van der Waals surface area contributed by atoms with Crippen LogP contribution in [-0.4, -0.2) is 138 Å². The van der Waals surface area contributed by atoms with Gasteiger partial charge >= 0.3 is 18.3 Å². The van der Waals surface area contributed by atoms with Gasteiger partial charge in [0.2, 0.25) is 0 Å². The highest BCUT2D eigenvalue weighted by Crippen LogP contribution is 2.46. The van der Waals surface area contributed by atoms with Crippen LogP contribution in [0.3, 0.4) is 0 Å². The first kappa shape index (κ1) is 55.7. The Hall–Kier alpha value is -7.09. The quantitative estimate of drug-likeness (QED) is 0.144. The van der Waals surface area contributed by atoms with E-state index in [9.17, 15) is 14.4 Å². The highest BCUT2D eigenvalue weighted by Gasteiger charge is 2.39.